The number of aliphatic hydroxyl groups is 2. The molecule has 2 aliphatic heterocycles. The minimum atomic E-state index is -0.864. The van der Waals surface area contributed by atoms with Gasteiger partial charge in [-0.25, -0.2) is 0 Å². The van der Waals surface area contributed by atoms with Gasteiger partial charge in [-0.05, 0) is 12.8 Å². The molecule has 0 aliphatic carbocycles. The van der Waals surface area contributed by atoms with Crippen LogP contribution in [0.4, 0.5) is 0 Å². The molecule has 0 saturated carbocycles. The molecule has 0 aromatic heterocycles. The maximum absolute atomic E-state index is 9.77. The zero-order valence-electron chi connectivity index (χ0n) is 11.7. The maximum Gasteiger partial charge on any atom is 0.158 e. The average molecular weight is 274 g/mol. The van der Waals surface area contributed by atoms with Crippen molar-refractivity contribution in [2.45, 2.75) is 76.2 Å². The predicted octanol–water partition coefficient (Wildman–Crippen LogP) is 1.21. The quantitative estimate of drug-likeness (QED) is 0.683. The fourth-order valence-electron chi connectivity index (χ4n) is 2.67. The van der Waals surface area contributed by atoms with Gasteiger partial charge in [-0.15, -0.1) is 0 Å². The van der Waals surface area contributed by atoms with Gasteiger partial charge in [-0.3, -0.25) is 0 Å². The first kappa shape index (κ1) is 15.2. The third-order valence-corrected chi connectivity index (χ3v) is 3.87. The van der Waals surface area contributed by atoms with Crippen molar-refractivity contribution in [3.05, 3.63) is 0 Å². The first-order valence-corrected chi connectivity index (χ1v) is 7.47. The Bertz CT molecular complexity index is 260. The molecule has 19 heavy (non-hydrogen) atoms. The highest BCUT2D eigenvalue weighted by molar-refractivity contribution is 4.90. The van der Waals surface area contributed by atoms with Crippen molar-refractivity contribution in [2.24, 2.45) is 0 Å². The Kier molecular flexibility index (Phi) is 6.04. The molecule has 2 heterocycles. The topological polar surface area (TPSA) is 68.2 Å². The minimum absolute atomic E-state index is 0.174. The van der Waals surface area contributed by atoms with Crippen molar-refractivity contribution in [2.75, 3.05) is 13.2 Å². The van der Waals surface area contributed by atoms with Gasteiger partial charge in [0.25, 0.3) is 0 Å². The van der Waals surface area contributed by atoms with Crippen LogP contribution < -0.4 is 0 Å². The molecule has 2 N–H and O–H groups in total. The highest BCUT2D eigenvalue weighted by atomic mass is 16.7. The van der Waals surface area contributed by atoms with Crippen molar-refractivity contribution in [1.82, 2.24) is 0 Å². The number of hydrogen-bond donors (Lipinski definition) is 2. The van der Waals surface area contributed by atoms with Gasteiger partial charge in [0, 0.05) is 0 Å². The zero-order valence-corrected chi connectivity index (χ0v) is 11.7. The second-order valence-corrected chi connectivity index (χ2v) is 5.50. The molecule has 2 rings (SSSR count). The van der Waals surface area contributed by atoms with E-state index < -0.39 is 18.3 Å². The summed E-state index contributed by atoms with van der Waals surface area (Å²) in [7, 11) is 0. The first-order chi connectivity index (χ1) is 9.22. The molecule has 112 valence electrons. The second-order valence-electron chi connectivity index (χ2n) is 5.50. The molecule has 0 bridgehead atoms. The Morgan fingerprint density at radius 1 is 1.00 bits per heavy atom. The number of aliphatic hydroxyl groups excluding tert-OH is 2. The Balaban J connectivity index is 1.63. The summed E-state index contributed by atoms with van der Waals surface area (Å²) >= 11 is 0. The Hall–Kier alpha value is -0.200. The standard InChI is InChI=1S/C14H26O5/c1-2-3-4-5-6-7-12-17-9-11(19-12)14-13(16)10(15)8-18-14/h10-16H,2-9H2,1H3/t10-,11+,12?,13+,14+/m0/s1. The van der Waals surface area contributed by atoms with Crippen LogP contribution in [0, 0.1) is 0 Å². The van der Waals surface area contributed by atoms with Crippen LogP contribution in [0.2, 0.25) is 0 Å². The summed E-state index contributed by atoms with van der Waals surface area (Å²) in [5.41, 5.74) is 0. The van der Waals surface area contributed by atoms with E-state index in [0.717, 1.165) is 12.8 Å². The van der Waals surface area contributed by atoms with Crippen molar-refractivity contribution in [3.8, 4) is 0 Å². The number of ether oxygens (including phenoxy) is 3. The maximum atomic E-state index is 9.77. The summed E-state index contributed by atoms with van der Waals surface area (Å²) < 4.78 is 16.7. The minimum Gasteiger partial charge on any atom is -0.388 e. The lowest BCUT2D eigenvalue weighted by Crippen LogP contribution is -2.39. The van der Waals surface area contributed by atoms with Crippen LogP contribution in [0.1, 0.15) is 45.4 Å². The molecule has 2 saturated heterocycles. The summed E-state index contributed by atoms with van der Waals surface area (Å²) in [6, 6.07) is 0. The lowest BCUT2D eigenvalue weighted by Gasteiger charge is -2.20. The molecule has 1 unspecified atom stereocenters. The van der Waals surface area contributed by atoms with E-state index in [1.54, 1.807) is 0 Å². The normalized spacial score (nSPS) is 39.0. The Morgan fingerprint density at radius 2 is 1.79 bits per heavy atom. The molecule has 0 aromatic carbocycles. The lowest BCUT2D eigenvalue weighted by atomic mass is 10.1. The Labute approximate surface area is 114 Å². The van der Waals surface area contributed by atoms with Crippen LogP contribution in [-0.2, 0) is 14.2 Å². The Morgan fingerprint density at radius 3 is 2.47 bits per heavy atom. The predicted molar refractivity (Wildman–Crippen MR) is 69.7 cm³/mol. The van der Waals surface area contributed by atoms with E-state index in [1.807, 2.05) is 0 Å². The summed E-state index contributed by atoms with van der Waals surface area (Å²) in [5.74, 6) is 0. The van der Waals surface area contributed by atoms with Crippen molar-refractivity contribution >= 4 is 0 Å². The second kappa shape index (κ2) is 7.55. The molecular formula is C14H26O5. The van der Waals surface area contributed by atoms with Gasteiger partial charge < -0.3 is 24.4 Å². The fourth-order valence-corrected chi connectivity index (χ4v) is 2.67. The molecule has 0 aromatic rings. The molecule has 0 radical (unpaired) electrons. The largest absolute Gasteiger partial charge is 0.388 e. The number of rotatable bonds is 7. The molecule has 5 nitrogen and oxygen atoms in total. The zero-order chi connectivity index (χ0) is 13.7. The van der Waals surface area contributed by atoms with Crippen LogP contribution in [0.15, 0.2) is 0 Å². The van der Waals surface area contributed by atoms with Gasteiger partial charge in [-0.1, -0.05) is 32.6 Å². The SMILES string of the molecule is CCCCCCCC1OC[C@H]([C@H]2OC[C@H](O)[C@H]2O)O1. The van der Waals surface area contributed by atoms with E-state index in [2.05, 4.69) is 6.92 Å². The third-order valence-electron chi connectivity index (χ3n) is 3.87. The van der Waals surface area contributed by atoms with Crippen LogP contribution in [0.25, 0.3) is 0 Å². The van der Waals surface area contributed by atoms with Crippen molar-refractivity contribution in [3.63, 3.8) is 0 Å². The fraction of sp³-hybridized carbons (Fsp3) is 1.00. The van der Waals surface area contributed by atoms with Crippen LogP contribution in [0.3, 0.4) is 0 Å². The summed E-state index contributed by atoms with van der Waals surface area (Å²) in [5, 5.41) is 19.2. The molecule has 5 heteroatoms. The highest BCUT2D eigenvalue weighted by Crippen LogP contribution is 2.26. The molecule has 2 aliphatic rings. The summed E-state index contributed by atoms with van der Waals surface area (Å²) in [4.78, 5) is 0. The van der Waals surface area contributed by atoms with Crippen LogP contribution in [0.5, 0.6) is 0 Å². The highest BCUT2D eigenvalue weighted by Gasteiger charge is 2.43. The van der Waals surface area contributed by atoms with Gasteiger partial charge in [0.15, 0.2) is 6.29 Å². The molecule has 2 fully saturated rings. The summed E-state index contributed by atoms with van der Waals surface area (Å²) in [6.07, 6.45) is 4.45. The smallest absolute Gasteiger partial charge is 0.158 e. The monoisotopic (exact) mass is 274 g/mol. The van der Waals surface area contributed by atoms with Gasteiger partial charge in [0.05, 0.1) is 13.2 Å². The van der Waals surface area contributed by atoms with E-state index in [9.17, 15) is 10.2 Å². The van der Waals surface area contributed by atoms with Crippen LogP contribution in [-0.4, -0.2) is 54.1 Å². The van der Waals surface area contributed by atoms with E-state index in [1.165, 1.54) is 25.7 Å². The number of hydrogen-bond acceptors (Lipinski definition) is 5. The third kappa shape index (κ3) is 4.13. The van der Waals surface area contributed by atoms with E-state index in [4.69, 9.17) is 14.2 Å². The number of unbranched alkanes of at least 4 members (excludes halogenated alkanes) is 4. The lowest BCUT2D eigenvalue weighted by molar-refractivity contribution is -0.103. The van der Waals surface area contributed by atoms with Crippen LogP contribution >= 0.6 is 0 Å². The first-order valence-electron chi connectivity index (χ1n) is 7.47. The van der Waals surface area contributed by atoms with Gasteiger partial charge in [-0.2, -0.15) is 0 Å². The van der Waals surface area contributed by atoms with E-state index in [-0.39, 0.29) is 19.0 Å². The molecule has 5 atom stereocenters. The van der Waals surface area contributed by atoms with Crippen molar-refractivity contribution in [1.29, 1.82) is 0 Å². The molecule has 0 amide bonds. The van der Waals surface area contributed by atoms with Crippen molar-refractivity contribution < 1.29 is 24.4 Å². The molecular weight excluding hydrogens is 248 g/mol. The van der Waals surface area contributed by atoms with Gasteiger partial charge in [0.2, 0.25) is 0 Å². The van der Waals surface area contributed by atoms with E-state index >= 15 is 0 Å². The van der Waals surface area contributed by atoms with E-state index in [0.29, 0.717) is 6.61 Å². The average Bonchev–Trinajstić information content (AvgIpc) is 2.98. The van der Waals surface area contributed by atoms with Gasteiger partial charge >= 0.3 is 0 Å². The van der Waals surface area contributed by atoms with Gasteiger partial charge in [0.1, 0.15) is 24.4 Å². The summed E-state index contributed by atoms with van der Waals surface area (Å²) in [6.45, 7) is 2.82. The molecule has 0 spiro atoms.